The zero-order valence-corrected chi connectivity index (χ0v) is 14.6. The first-order valence-corrected chi connectivity index (χ1v) is 8.18. The molecule has 1 heterocycles. The van der Waals surface area contributed by atoms with Gasteiger partial charge in [0.1, 0.15) is 0 Å². The number of aromatic nitrogens is 2. The Morgan fingerprint density at radius 3 is 2.35 bits per heavy atom. The molecule has 0 saturated carbocycles. The maximum Gasteiger partial charge on any atom is 0.314 e. The smallest absolute Gasteiger partial charge is 0.314 e. The first kappa shape index (κ1) is 17.4. The largest absolute Gasteiger partial charge is 0.338 e. The minimum Gasteiger partial charge on any atom is -0.338 e. The van der Waals surface area contributed by atoms with Gasteiger partial charge in [-0.1, -0.05) is 42.0 Å². The number of carbonyl (C=O) groups is 1. The number of nitrogens with one attached hydrogen (secondary N) is 2. The van der Waals surface area contributed by atoms with Gasteiger partial charge < -0.3 is 14.9 Å². The van der Waals surface area contributed by atoms with Gasteiger partial charge in [0.05, 0.1) is 11.0 Å². The Morgan fingerprint density at radius 1 is 1.00 bits per heavy atom. The molecule has 0 bridgehead atoms. The SMILES string of the molecule is C/C(=C\c1ccccc1)CN(C)C(=O)c1ccc2[nH]c(=O)c(=O)[nH]c2c1. The van der Waals surface area contributed by atoms with Crippen LogP contribution in [0.4, 0.5) is 0 Å². The highest BCUT2D eigenvalue weighted by Gasteiger charge is 2.13. The van der Waals surface area contributed by atoms with Gasteiger partial charge in [-0.15, -0.1) is 0 Å². The van der Waals surface area contributed by atoms with Crippen LogP contribution in [0.3, 0.4) is 0 Å². The molecule has 26 heavy (non-hydrogen) atoms. The van der Waals surface area contributed by atoms with Crippen LogP contribution in [-0.2, 0) is 0 Å². The second-order valence-electron chi connectivity index (χ2n) is 6.23. The minimum atomic E-state index is -0.739. The molecule has 2 aromatic carbocycles. The van der Waals surface area contributed by atoms with Gasteiger partial charge in [-0.25, -0.2) is 0 Å². The third kappa shape index (κ3) is 3.80. The predicted molar refractivity (Wildman–Crippen MR) is 102 cm³/mol. The molecule has 0 aliphatic rings. The summed E-state index contributed by atoms with van der Waals surface area (Å²) in [5.74, 6) is -0.167. The molecule has 3 aromatic rings. The standard InChI is InChI=1S/C20H19N3O3/c1-13(10-14-6-4-3-5-7-14)12-23(2)20(26)15-8-9-16-17(11-15)22-19(25)18(24)21-16/h3-11H,12H2,1-2H3,(H,21,24)(H,22,25)/b13-10+. The van der Waals surface area contributed by atoms with Crippen LogP contribution in [0.2, 0.25) is 0 Å². The second kappa shape index (κ2) is 7.23. The molecule has 0 atom stereocenters. The van der Waals surface area contributed by atoms with E-state index >= 15 is 0 Å². The average Bonchev–Trinajstić information content (AvgIpc) is 2.62. The summed E-state index contributed by atoms with van der Waals surface area (Å²) in [7, 11) is 1.73. The van der Waals surface area contributed by atoms with Gasteiger partial charge in [0.15, 0.2) is 0 Å². The van der Waals surface area contributed by atoms with E-state index in [9.17, 15) is 14.4 Å². The number of H-pyrrole nitrogens is 2. The predicted octanol–water partition coefficient (Wildman–Crippen LogP) is 2.39. The number of carbonyl (C=O) groups excluding carboxylic acids is 1. The van der Waals surface area contributed by atoms with Gasteiger partial charge in [-0.3, -0.25) is 14.4 Å². The Kier molecular flexibility index (Phi) is 4.84. The van der Waals surface area contributed by atoms with Gasteiger partial charge in [-0.05, 0) is 30.7 Å². The maximum atomic E-state index is 12.7. The molecule has 0 saturated heterocycles. The Morgan fingerprint density at radius 2 is 1.65 bits per heavy atom. The zero-order valence-electron chi connectivity index (χ0n) is 14.6. The maximum absolute atomic E-state index is 12.7. The summed E-state index contributed by atoms with van der Waals surface area (Å²) in [6.07, 6.45) is 2.03. The highest BCUT2D eigenvalue weighted by molar-refractivity contribution is 5.97. The quantitative estimate of drug-likeness (QED) is 0.709. The van der Waals surface area contributed by atoms with Gasteiger partial charge in [0.25, 0.3) is 5.91 Å². The summed E-state index contributed by atoms with van der Waals surface area (Å²) >= 11 is 0. The van der Waals surface area contributed by atoms with Gasteiger partial charge in [0.2, 0.25) is 0 Å². The van der Waals surface area contributed by atoms with E-state index in [0.29, 0.717) is 23.1 Å². The van der Waals surface area contributed by atoms with Crippen molar-refractivity contribution in [2.24, 2.45) is 0 Å². The Hall–Kier alpha value is -3.41. The second-order valence-corrected chi connectivity index (χ2v) is 6.23. The van der Waals surface area contributed by atoms with Crippen LogP contribution >= 0.6 is 0 Å². The zero-order chi connectivity index (χ0) is 18.7. The van der Waals surface area contributed by atoms with E-state index in [2.05, 4.69) is 9.97 Å². The molecule has 1 aromatic heterocycles. The van der Waals surface area contributed by atoms with E-state index in [-0.39, 0.29) is 5.91 Å². The van der Waals surface area contributed by atoms with Crippen LogP contribution in [-0.4, -0.2) is 34.4 Å². The van der Waals surface area contributed by atoms with Crippen molar-refractivity contribution in [2.45, 2.75) is 6.92 Å². The topological polar surface area (TPSA) is 86.0 Å². The number of rotatable bonds is 4. The molecule has 2 N–H and O–H groups in total. The molecule has 3 rings (SSSR count). The van der Waals surface area contributed by atoms with Gasteiger partial charge in [-0.2, -0.15) is 0 Å². The summed E-state index contributed by atoms with van der Waals surface area (Å²) in [6.45, 7) is 2.45. The molecular weight excluding hydrogens is 330 g/mol. The third-order valence-corrected chi connectivity index (χ3v) is 4.02. The number of benzene rings is 2. The molecule has 0 fully saturated rings. The summed E-state index contributed by atoms with van der Waals surface area (Å²) in [5, 5.41) is 0. The lowest BCUT2D eigenvalue weighted by Gasteiger charge is -2.18. The van der Waals surface area contributed by atoms with Crippen LogP contribution in [0.1, 0.15) is 22.8 Å². The number of aromatic amines is 2. The van der Waals surface area contributed by atoms with Crippen molar-refractivity contribution in [3.63, 3.8) is 0 Å². The van der Waals surface area contributed by atoms with Crippen LogP contribution in [0.5, 0.6) is 0 Å². The van der Waals surface area contributed by atoms with Crippen molar-refractivity contribution >= 4 is 23.0 Å². The van der Waals surface area contributed by atoms with Crippen molar-refractivity contribution in [1.29, 1.82) is 0 Å². The lowest BCUT2D eigenvalue weighted by atomic mass is 10.1. The first-order chi connectivity index (χ1) is 12.4. The highest BCUT2D eigenvalue weighted by Crippen LogP contribution is 2.13. The molecule has 132 valence electrons. The Balaban J connectivity index is 1.81. The van der Waals surface area contributed by atoms with Crippen molar-refractivity contribution in [1.82, 2.24) is 14.9 Å². The van der Waals surface area contributed by atoms with Crippen molar-refractivity contribution < 1.29 is 4.79 Å². The summed E-state index contributed by atoms with van der Waals surface area (Å²) < 4.78 is 0. The molecule has 1 amide bonds. The van der Waals surface area contributed by atoms with E-state index in [0.717, 1.165) is 11.1 Å². The van der Waals surface area contributed by atoms with E-state index in [1.807, 2.05) is 43.3 Å². The van der Waals surface area contributed by atoms with Gasteiger partial charge in [0, 0.05) is 19.2 Å². The third-order valence-electron chi connectivity index (χ3n) is 4.02. The average molecular weight is 349 g/mol. The fourth-order valence-electron chi connectivity index (χ4n) is 2.79. The summed E-state index contributed by atoms with van der Waals surface area (Å²) in [4.78, 5) is 42.1. The fourth-order valence-corrected chi connectivity index (χ4v) is 2.79. The number of likely N-dealkylation sites (N-methyl/N-ethyl adjacent to an activating group) is 1. The lowest BCUT2D eigenvalue weighted by molar-refractivity contribution is 0.0807. The number of hydrogen-bond donors (Lipinski definition) is 2. The van der Waals surface area contributed by atoms with E-state index in [1.54, 1.807) is 30.1 Å². The summed E-state index contributed by atoms with van der Waals surface area (Å²) in [6, 6.07) is 14.7. The van der Waals surface area contributed by atoms with E-state index < -0.39 is 11.1 Å². The first-order valence-electron chi connectivity index (χ1n) is 8.18. The van der Waals surface area contributed by atoms with E-state index in [1.165, 1.54) is 0 Å². The number of hydrogen-bond acceptors (Lipinski definition) is 3. The minimum absolute atomic E-state index is 0.167. The lowest BCUT2D eigenvalue weighted by Crippen LogP contribution is -2.30. The molecule has 0 radical (unpaired) electrons. The monoisotopic (exact) mass is 349 g/mol. The normalized spacial score (nSPS) is 11.5. The molecule has 0 aliphatic heterocycles. The highest BCUT2D eigenvalue weighted by atomic mass is 16.2. The molecule has 6 heteroatoms. The van der Waals surface area contributed by atoms with Crippen LogP contribution < -0.4 is 11.1 Å². The van der Waals surface area contributed by atoms with Gasteiger partial charge >= 0.3 is 11.1 Å². The van der Waals surface area contributed by atoms with Crippen LogP contribution in [0.15, 0.2) is 63.7 Å². The number of nitrogens with zero attached hydrogens (tertiary/aromatic N) is 1. The molecular formula is C20H19N3O3. The number of fused-ring (bicyclic) bond motifs is 1. The molecule has 6 nitrogen and oxygen atoms in total. The van der Waals surface area contributed by atoms with Crippen LogP contribution in [0, 0.1) is 0 Å². The van der Waals surface area contributed by atoms with Crippen LogP contribution in [0.25, 0.3) is 17.1 Å². The van der Waals surface area contributed by atoms with Crippen molar-refractivity contribution in [2.75, 3.05) is 13.6 Å². The van der Waals surface area contributed by atoms with Crippen molar-refractivity contribution in [3.05, 3.63) is 85.9 Å². The molecule has 0 spiro atoms. The van der Waals surface area contributed by atoms with Crippen molar-refractivity contribution in [3.8, 4) is 0 Å². The Bertz CT molecular complexity index is 1090. The number of amides is 1. The fraction of sp³-hybridized carbons (Fsp3) is 0.150. The molecule has 0 aliphatic carbocycles. The molecule has 0 unspecified atom stereocenters. The summed E-state index contributed by atoms with van der Waals surface area (Å²) in [5.41, 5.74) is 2.02. The van der Waals surface area contributed by atoms with E-state index in [4.69, 9.17) is 0 Å². The Labute approximate surface area is 149 Å².